The maximum Gasteiger partial charge on any atom is 0.263 e. The zero-order valence-corrected chi connectivity index (χ0v) is 11.5. The molecular weight excluding hydrogens is 286 g/mol. The second-order valence-corrected chi connectivity index (χ2v) is 4.53. The van der Waals surface area contributed by atoms with Crippen LogP contribution in [0.5, 0.6) is 11.5 Å². The number of benzene rings is 1. The van der Waals surface area contributed by atoms with Crippen molar-refractivity contribution in [3.63, 3.8) is 0 Å². The van der Waals surface area contributed by atoms with E-state index >= 15 is 0 Å². The summed E-state index contributed by atoms with van der Waals surface area (Å²) in [5, 5.41) is 5.17. The molecule has 0 unspecified atom stereocenters. The lowest BCUT2D eigenvalue weighted by Gasteiger charge is -2.17. The van der Waals surface area contributed by atoms with E-state index in [4.69, 9.17) is 9.47 Å². The Labute approximate surface area is 126 Å². The summed E-state index contributed by atoms with van der Waals surface area (Å²) in [6.45, 7) is -0.170. The number of nitrogens with zero attached hydrogens (tertiary/aromatic N) is 1. The second kappa shape index (κ2) is 6.13. The minimum Gasteiger partial charge on any atom is -0.484 e. The Morgan fingerprint density at radius 3 is 2.91 bits per heavy atom. The Morgan fingerprint density at radius 2 is 2.09 bits per heavy atom. The third-order valence-corrected chi connectivity index (χ3v) is 2.86. The smallest absolute Gasteiger partial charge is 0.263 e. The van der Waals surface area contributed by atoms with E-state index in [1.807, 2.05) is 18.2 Å². The number of carbonyl (C=O) groups excluding carboxylic acids is 2. The topological polar surface area (TPSA) is 89.5 Å². The number of rotatable bonds is 4. The summed E-state index contributed by atoms with van der Waals surface area (Å²) in [6.07, 6.45) is 0. The molecule has 2 amide bonds. The van der Waals surface area contributed by atoms with Crippen LogP contribution in [0, 0.1) is 0 Å². The molecule has 1 aromatic carbocycles. The van der Waals surface area contributed by atoms with Crippen molar-refractivity contribution in [1.29, 1.82) is 0 Å². The first-order chi connectivity index (χ1) is 10.7. The van der Waals surface area contributed by atoms with E-state index in [1.165, 1.54) is 0 Å². The Kier molecular flexibility index (Phi) is 3.86. The number of hydrogen-bond donors (Lipinski definition) is 2. The highest BCUT2D eigenvalue weighted by Gasteiger charge is 2.17. The van der Waals surface area contributed by atoms with Gasteiger partial charge in [0.25, 0.3) is 11.8 Å². The van der Waals surface area contributed by atoms with Gasteiger partial charge in [0.05, 0.1) is 0 Å². The first-order valence-electron chi connectivity index (χ1n) is 6.62. The number of aromatic nitrogens is 1. The molecule has 0 radical (unpaired) electrons. The predicted octanol–water partition coefficient (Wildman–Crippen LogP) is 1.43. The quantitative estimate of drug-likeness (QED) is 0.891. The van der Waals surface area contributed by atoms with Crippen LogP contribution in [-0.2, 0) is 9.59 Å². The van der Waals surface area contributed by atoms with Crippen LogP contribution < -0.4 is 20.1 Å². The number of para-hydroxylation sites is 1. The number of amides is 2. The summed E-state index contributed by atoms with van der Waals surface area (Å²) in [5.74, 6) is 1.05. The molecule has 3 rings (SSSR count). The van der Waals surface area contributed by atoms with E-state index < -0.39 is 0 Å². The van der Waals surface area contributed by atoms with Crippen molar-refractivity contribution in [2.75, 3.05) is 23.8 Å². The van der Waals surface area contributed by atoms with Gasteiger partial charge in [-0.3, -0.25) is 9.59 Å². The number of nitrogens with one attached hydrogen (secondary N) is 2. The number of hydrogen-bond acceptors (Lipinski definition) is 5. The fraction of sp³-hybridized carbons (Fsp3) is 0.133. The molecule has 0 spiro atoms. The molecule has 0 atom stereocenters. The molecule has 1 aromatic heterocycles. The van der Waals surface area contributed by atoms with Gasteiger partial charge in [0.15, 0.2) is 24.8 Å². The van der Waals surface area contributed by atoms with Gasteiger partial charge in [0.1, 0.15) is 11.6 Å². The fourth-order valence-corrected chi connectivity index (χ4v) is 1.88. The molecule has 0 bridgehead atoms. The van der Waals surface area contributed by atoms with Crippen LogP contribution in [0.4, 0.5) is 11.6 Å². The standard InChI is InChI=1S/C15H13N3O4/c19-13(8-21-10-4-2-1-3-5-10)16-12-7-6-11-15(17-12)18-14(20)9-22-11/h1-7H,8-9H2,(H2,16,17,18,19,20). The summed E-state index contributed by atoms with van der Waals surface area (Å²) in [4.78, 5) is 27.2. The highest BCUT2D eigenvalue weighted by Crippen LogP contribution is 2.26. The highest BCUT2D eigenvalue weighted by atomic mass is 16.5. The molecule has 7 nitrogen and oxygen atoms in total. The average Bonchev–Trinajstić information content (AvgIpc) is 2.53. The molecule has 7 heteroatoms. The lowest BCUT2D eigenvalue weighted by molar-refractivity contribution is -0.119. The van der Waals surface area contributed by atoms with Gasteiger partial charge in [-0.15, -0.1) is 0 Å². The summed E-state index contributed by atoms with van der Waals surface area (Å²) >= 11 is 0. The first-order valence-corrected chi connectivity index (χ1v) is 6.62. The summed E-state index contributed by atoms with van der Waals surface area (Å²) in [6, 6.07) is 12.3. The van der Waals surface area contributed by atoms with Crippen LogP contribution in [0.1, 0.15) is 0 Å². The molecule has 1 aliphatic heterocycles. The third-order valence-electron chi connectivity index (χ3n) is 2.86. The van der Waals surface area contributed by atoms with Crippen molar-refractivity contribution >= 4 is 23.5 Å². The van der Waals surface area contributed by atoms with E-state index in [1.54, 1.807) is 24.3 Å². The van der Waals surface area contributed by atoms with Gasteiger partial charge in [0.2, 0.25) is 0 Å². The van der Waals surface area contributed by atoms with Gasteiger partial charge in [-0.25, -0.2) is 4.98 Å². The van der Waals surface area contributed by atoms with E-state index in [-0.39, 0.29) is 30.8 Å². The van der Waals surface area contributed by atoms with Crippen molar-refractivity contribution in [3.05, 3.63) is 42.5 Å². The predicted molar refractivity (Wildman–Crippen MR) is 78.9 cm³/mol. The van der Waals surface area contributed by atoms with E-state index in [0.29, 0.717) is 17.3 Å². The van der Waals surface area contributed by atoms with Crippen molar-refractivity contribution in [2.45, 2.75) is 0 Å². The molecule has 0 saturated carbocycles. The maximum atomic E-state index is 11.8. The molecule has 2 N–H and O–H groups in total. The molecule has 0 saturated heterocycles. The van der Waals surface area contributed by atoms with Gasteiger partial charge in [-0.1, -0.05) is 18.2 Å². The van der Waals surface area contributed by atoms with Gasteiger partial charge in [-0.2, -0.15) is 0 Å². The average molecular weight is 299 g/mol. The lowest BCUT2D eigenvalue weighted by atomic mass is 10.3. The molecule has 0 fully saturated rings. The molecule has 2 heterocycles. The Balaban J connectivity index is 1.60. The Hall–Kier alpha value is -3.09. The van der Waals surface area contributed by atoms with Crippen LogP contribution in [0.2, 0.25) is 0 Å². The largest absolute Gasteiger partial charge is 0.484 e. The maximum absolute atomic E-state index is 11.8. The molecule has 112 valence electrons. The number of pyridine rings is 1. The van der Waals surface area contributed by atoms with Crippen molar-refractivity contribution in [2.24, 2.45) is 0 Å². The summed E-state index contributed by atoms with van der Waals surface area (Å²) < 4.78 is 10.5. The Morgan fingerprint density at radius 1 is 1.27 bits per heavy atom. The molecular formula is C15H13N3O4. The second-order valence-electron chi connectivity index (χ2n) is 4.53. The van der Waals surface area contributed by atoms with Crippen LogP contribution in [0.3, 0.4) is 0 Å². The third kappa shape index (κ3) is 3.32. The summed E-state index contributed by atoms with van der Waals surface area (Å²) in [7, 11) is 0. The van der Waals surface area contributed by atoms with Crippen LogP contribution in [-0.4, -0.2) is 30.0 Å². The number of ether oxygens (including phenoxy) is 2. The monoisotopic (exact) mass is 299 g/mol. The van der Waals surface area contributed by atoms with Crippen LogP contribution in [0.15, 0.2) is 42.5 Å². The lowest BCUT2D eigenvalue weighted by Crippen LogP contribution is -2.27. The summed E-state index contributed by atoms with van der Waals surface area (Å²) in [5.41, 5.74) is 0. The van der Waals surface area contributed by atoms with Crippen molar-refractivity contribution in [3.8, 4) is 11.5 Å². The number of fused-ring (bicyclic) bond motifs is 1. The zero-order valence-electron chi connectivity index (χ0n) is 11.5. The minimum absolute atomic E-state index is 0.0364. The van der Waals surface area contributed by atoms with Gasteiger partial charge < -0.3 is 20.1 Å². The number of carbonyl (C=O) groups is 2. The van der Waals surface area contributed by atoms with E-state index in [0.717, 1.165) is 0 Å². The Bertz CT molecular complexity index is 703. The van der Waals surface area contributed by atoms with E-state index in [9.17, 15) is 9.59 Å². The normalized spacial score (nSPS) is 12.6. The molecule has 0 aliphatic carbocycles. The first kappa shape index (κ1) is 13.9. The SMILES string of the molecule is O=C(COc1ccccc1)Nc1ccc2c(n1)NC(=O)CO2. The van der Waals surface area contributed by atoms with Crippen molar-refractivity contribution < 1.29 is 19.1 Å². The minimum atomic E-state index is -0.348. The molecule has 22 heavy (non-hydrogen) atoms. The number of anilines is 2. The van der Waals surface area contributed by atoms with Gasteiger partial charge in [0, 0.05) is 0 Å². The highest BCUT2D eigenvalue weighted by molar-refractivity contribution is 5.95. The van der Waals surface area contributed by atoms with E-state index in [2.05, 4.69) is 15.6 Å². The van der Waals surface area contributed by atoms with Crippen LogP contribution >= 0.6 is 0 Å². The van der Waals surface area contributed by atoms with Gasteiger partial charge >= 0.3 is 0 Å². The zero-order chi connectivity index (χ0) is 15.4. The fourth-order valence-electron chi connectivity index (χ4n) is 1.88. The van der Waals surface area contributed by atoms with Gasteiger partial charge in [-0.05, 0) is 24.3 Å². The van der Waals surface area contributed by atoms with Crippen molar-refractivity contribution in [1.82, 2.24) is 4.98 Å². The van der Waals surface area contributed by atoms with Crippen LogP contribution in [0.25, 0.3) is 0 Å². The molecule has 2 aromatic rings. The molecule has 1 aliphatic rings.